The molecular formula is C20H25N3O3. The van der Waals surface area contributed by atoms with Crippen molar-refractivity contribution in [1.29, 1.82) is 0 Å². The van der Waals surface area contributed by atoms with Gasteiger partial charge < -0.3 is 4.90 Å². The fourth-order valence-corrected chi connectivity index (χ4v) is 4.57. The second-order valence-corrected chi connectivity index (χ2v) is 7.96. The standard InChI is InChI=1S/C20H25N3O3/c1-22-13-20(8-9-20)11-16(18(24)21-26)17(22)19(25)23-10-7-15(12-23)14-5-3-2-4-6-14/h2-7,16-17,26H,8-13H2,1H3,(H,21,24). The number of likely N-dealkylation sites (N-methyl/N-ethyl adjacent to an activating group) is 1. The maximum absolute atomic E-state index is 13.2. The van der Waals surface area contributed by atoms with Crippen LogP contribution in [-0.4, -0.2) is 59.5 Å². The summed E-state index contributed by atoms with van der Waals surface area (Å²) < 4.78 is 0. The minimum atomic E-state index is -0.517. The highest BCUT2D eigenvalue weighted by molar-refractivity contribution is 5.92. The predicted molar refractivity (Wildman–Crippen MR) is 97.1 cm³/mol. The molecule has 2 atom stereocenters. The van der Waals surface area contributed by atoms with Crippen LogP contribution in [0, 0.1) is 11.3 Å². The van der Waals surface area contributed by atoms with E-state index in [1.54, 1.807) is 5.48 Å². The van der Waals surface area contributed by atoms with Crippen molar-refractivity contribution in [2.45, 2.75) is 25.3 Å². The molecule has 2 aliphatic heterocycles. The Morgan fingerprint density at radius 3 is 2.62 bits per heavy atom. The molecular weight excluding hydrogens is 330 g/mol. The van der Waals surface area contributed by atoms with Crippen LogP contribution in [0.15, 0.2) is 36.4 Å². The molecule has 4 rings (SSSR count). The number of carbonyl (C=O) groups excluding carboxylic acids is 2. The Morgan fingerprint density at radius 2 is 1.96 bits per heavy atom. The lowest BCUT2D eigenvalue weighted by Crippen LogP contribution is -2.59. The number of nitrogens with one attached hydrogen (secondary N) is 1. The lowest BCUT2D eigenvalue weighted by molar-refractivity contribution is -0.149. The van der Waals surface area contributed by atoms with Crippen molar-refractivity contribution in [3.8, 4) is 0 Å². The first-order valence-corrected chi connectivity index (χ1v) is 9.20. The van der Waals surface area contributed by atoms with Crippen LogP contribution in [-0.2, 0) is 9.59 Å². The fraction of sp³-hybridized carbons (Fsp3) is 0.500. The van der Waals surface area contributed by atoms with Crippen LogP contribution >= 0.6 is 0 Å². The van der Waals surface area contributed by atoms with Gasteiger partial charge in [0, 0.05) is 19.6 Å². The molecule has 138 valence electrons. The van der Waals surface area contributed by atoms with Crippen LogP contribution in [0.4, 0.5) is 0 Å². The van der Waals surface area contributed by atoms with E-state index in [0.29, 0.717) is 19.5 Å². The van der Waals surface area contributed by atoms with Gasteiger partial charge in [0.05, 0.1) is 5.92 Å². The van der Waals surface area contributed by atoms with Gasteiger partial charge >= 0.3 is 0 Å². The topological polar surface area (TPSA) is 72.9 Å². The highest BCUT2D eigenvalue weighted by Gasteiger charge is 2.55. The number of likely N-dealkylation sites (tertiary alicyclic amines) is 1. The van der Waals surface area contributed by atoms with Crippen LogP contribution in [0.3, 0.4) is 0 Å². The van der Waals surface area contributed by atoms with Gasteiger partial charge in [-0.15, -0.1) is 0 Å². The molecule has 2 fully saturated rings. The lowest BCUT2D eigenvalue weighted by Gasteiger charge is -2.42. The molecule has 6 nitrogen and oxygen atoms in total. The normalized spacial score (nSPS) is 27.3. The van der Waals surface area contributed by atoms with Crippen LogP contribution < -0.4 is 5.48 Å². The Bertz CT molecular complexity index is 742. The van der Waals surface area contributed by atoms with E-state index in [-0.39, 0.29) is 11.3 Å². The second-order valence-electron chi connectivity index (χ2n) is 7.96. The summed E-state index contributed by atoms with van der Waals surface area (Å²) in [6.07, 6.45) is 4.94. The van der Waals surface area contributed by atoms with Crippen molar-refractivity contribution in [3.05, 3.63) is 42.0 Å². The third-order valence-electron chi connectivity index (χ3n) is 6.13. The molecule has 1 aliphatic carbocycles. The average molecular weight is 355 g/mol. The molecule has 0 bridgehead atoms. The van der Waals surface area contributed by atoms with E-state index in [0.717, 1.165) is 30.5 Å². The maximum Gasteiger partial charge on any atom is 0.248 e. The smallest absolute Gasteiger partial charge is 0.248 e. The third kappa shape index (κ3) is 3.04. The number of hydrogen-bond donors (Lipinski definition) is 2. The molecule has 0 radical (unpaired) electrons. The zero-order chi connectivity index (χ0) is 18.3. The molecule has 1 saturated carbocycles. The average Bonchev–Trinajstić information content (AvgIpc) is 3.21. The van der Waals surface area contributed by atoms with Gasteiger partial charge in [-0.05, 0) is 42.9 Å². The third-order valence-corrected chi connectivity index (χ3v) is 6.13. The van der Waals surface area contributed by atoms with Gasteiger partial charge in [0.25, 0.3) is 0 Å². The van der Waals surface area contributed by atoms with Gasteiger partial charge in [0.1, 0.15) is 6.04 Å². The van der Waals surface area contributed by atoms with Gasteiger partial charge in [-0.25, -0.2) is 5.48 Å². The van der Waals surface area contributed by atoms with Crippen LogP contribution in [0.2, 0.25) is 0 Å². The summed E-state index contributed by atoms with van der Waals surface area (Å²) in [4.78, 5) is 29.3. The number of hydroxylamine groups is 1. The highest BCUT2D eigenvalue weighted by atomic mass is 16.5. The van der Waals surface area contributed by atoms with Crippen molar-refractivity contribution in [1.82, 2.24) is 15.3 Å². The largest absolute Gasteiger partial charge is 0.333 e. The Morgan fingerprint density at radius 1 is 1.23 bits per heavy atom. The number of benzene rings is 1. The van der Waals surface area contributed by atoms with Crippen LogP contribution in [0.5, 0.6) is 0 Å². The molecule has 2 heterocycles. The van der Waals surface area contributed by atoms with Crippen LogP contribution in [0.1, 0.15) is 24.8 Å². The van der Waals surface area contributed by atoms with Crippen molar-refractivity contribution < 1.29 is 14.8 Å². The first-order chi connectivity index (χ1) is 12.5. The summed E-state index contributed by atoms with van der Waals surface area (Å²) in [5, 5.41) is 9.17. The summed E-state index contributed by atoms with van der Waals surface area (Å²) in [6, 6.07) is 9.54. The maximum atomic E-state index is 13.2. The van der Waals surface area contributed by atoms with Crippen molar-refractivity contribution in [2.75, 3.05) is 26.7 Å². The molecule has 26 heavy (non-hydrogen) atoms. The number of rotatable bonds is 3. The minimum absolute atomic E-state index is 0.0289. The fourth-order valence-electron chi connectivity index (χ4n) is 4.57. The number of nitrogens with zero attached hydrogens (tertiary/aromatic N) is 2. The van der Waals surface area contributed by atoms with E-state index in [1.165, 1.54) is 0 Å². The molecule has 2 unspecified atom stereocenters. The monoisotopic (exact) mass is 355 g/mol. The Labute approximate surface area is 153 Å². The summed E-state index contributed by atoms with van der Waals surface area (Å²) in [6.45, 7) is 1.96. The Kier molecular flexibility index (Phi) is 4.32. The number of carbonyl (C=O) groups is 2. The number of hydrogen-bond acceptors (Lipinski definition) is 4. The summed E-state index contributed by atoms with van der Waals surface area (Å²) in [5.41, 5.74) is 4.20. The lowest BCUT2D eigenvalue weighted by atomic mass is 9.80. The quantitative estimate of drug-likeness (QED) is 0.637. The summed E-state index contributed by atoms with van der Waals surface area (Å²) in [5.74, 6) is -0.982. The van der Waals surface area contributed by atoms with E-state index in [2.05, 4.69) is 6.08 Å². The zero-order valence-corrected chi connectivity index (χ0v) is 15.0. The summed E-state index contributed by atoms with van der Waals surface area (Å²) in [7, 11) is 1.92. The van der Waals surface area contributed by atoms with Gasteiger partial charge in [-0.3, -0.25) is 19.7 Å². The van der Waals surface area contributed by atoms with E-state index >= 15 is 0 Å². The van der Waals surface area contributed by atoms with E-state index in [9.17, 15) is 9.59 Å². The predicted octanol–water partition coefficient (Wildman–Crippen LogP) is 1.52. The molecule has 2 amide bonds. The molecule has 1 aromatic carbocycles. The van der Waals surface area contributed by atoms with Gasteiger partial charge in [0.15, 0.2) is 0 Å². The molecule has 1 saturated heterocycles. The molecule has 2 N–H and O–H groups in total. The first kappa shape index (κ1) is 17.2. The molecule has 0 aromatic heterocycles. The van der Waals surface area contributed by atoms with E-state index in [4.69, 9.17) is 5.21 Å². The van der Waals surface area contributed by atoms with Crippen molar-refractivity contribution in [2.24, 2.45) is 11.3 Å². The van der Waals surface area contributed by atoms with Crippen molar-refractivity contribution >= 4 is 17.4 Å². The molecule has 1 aromatic rings. The Balaban J connectivity index is 1.50. The molecule has 3 aliphatic rings. The van der Waals surface area contributed by atoms with Gasteiger partial charge in [-0.2, -0.15) is 0 Å². The minimum Gasteiger partial charge on any atom is -0.333 e. The zero-order valence-electron chi connectivity index (χ0n) is 15.0. The summed E-state index contributed by atoms with van der Waals surface area (Å²) >= 11 is 0. The van der Waals surface area contributed by atoms with E-state index < -0.39 is 17.9 Å². The number of amides is 2. The Hall–Kier alpha value is -2.18. The van der Waals surface area contributed by atoms with Gasteiger partial charge in [-0.1, -0.05) is 36.4 Å². The van der Waals surface area contributed by atoms with Crippen LogP contribution in [0.25, 0.3) is 5.57 Å². The number of piperidine rings is 1. The molecule has 1 spiro atoms. The second kappa shape index (κ2) is 6.52. The molecule has 6 heteroatoms. The van der Waals surface area contributed by atoms with E-state index in [1.807, 2.05) is 47.2 Å². The first-order valence-electron chi connectivity index (χ1n) is 9.20. The van der Waals surface area contributed by atoms with Crippen molar-refractivity contribution in [3.63, 3.8) is 0 Å². The van der Waals surface area contributed by atoms with Gasteiger partial charge in [0.2, 0.25) is 11.8 Å². The SMILES string of the molecule is CN1CC2(CC2)CC(C(=O)NO)C1C(=O)N1CC=C(c2ccccc2)C1. The highest BCUT2D eigenvalue weighted by Crippen LogP contribution is 2.54.